The lowest BCUT2D eigenvalue weighted by molar-refractivity contribution is -0.729. The highest BCUT2D eigenvalue weighted by atomic mass is 19.1. The van der Waals surface area contributed by atoms with E-state index in [1.165, 1.54) is 41.3 Å². The minimum atomic E-state index is -0.641. The number of aromatic amines is 1. The molecule has 5 rings (SSSR count). The first kappa shape index (κ1) is 19.6. The van der Waals surface area contributed by atoms with Crippen molar-refractivity contribution in [2.45, 2.75) is 13.0 Å². The van der Waals surface area contributed by atoms with Crippen LogP contribution < -0.4 is 4.90 Å². The summed E-state index contributed by atoms with van der Waals surface area (Å²) in [5, 5.41) is 16.7. The zero-order valence-electron chi connectivity index (χ0n) is 17.0. The summed E-state index contributed by atoms with van der Waals surface area (Å²) in [6.45, 7) is 1.98. The summed E-state index contributed by atoms with van der Waals surface area (Å²) in [4.78, 5) is 26.2. The Labute approximate surface area is 182 Å². The van der Waals surface area contributed by atoms with Gasteiger partial charge in [0, 0.05) is 28.9 Å². The van der Waals surface area contributed by atoms with Crippen molar-refractivity contribution in [2.75, 3.05) is 4.90 Å². The van der Waals surface area contributed by atoms with Crippen molar-refractivity contribution in [1.82, 2.24) is 10.2 Å². The van der Waals surface area contributed by atoms with Crippen LogP contribution >= 0.6 is 0 Å². The number of nitrogens with zero attached hydrogens (tertiary/aromatic N) is 3. The van der Waals surface area contributed by atoms with E-state index in [9.17, 15) is 19.3 Å². The lowest BCUT2D eigenvalue weighted by Gasteiger charge is -2.26. The maximum atomic E-state index is 13.6. The third kappa shape index (κ3) is 3.13. The molecule has 1 unspecified atom stereocenters. The standard InChI is InChI=1S/C24H17FN4O3/c1-14-5-7-15(8-6-14)21-20-22(27-26-21)24(30)28(18-11-9-17(25)10-12-18)23(20)16-3-2-4-19(13-16)29(31)32/h2-13,23H,1H3,(H-,26,27,30,31,32)/p+1. The Morgan fingerprint density at radius 3 is 2.47 bits per heavy atom. The number of aromatic nitrogens is 2. The van der Waals surface area contributed by atoms with Gasteiger partial charge in [-0.25, -0.2) is 9.60 Å². The second-order valence-corrected chi connectivity index (χ2v) is 7.65. The Morgan fingerprint density at radius 2 is 1.78 bits per heavy atom. The van der Waals surface area contributed by atoms with E-state index in [0.29, 0.717) is 28.2 Å². The van der Waals surface area contributed by atoms with Gasteiger partial charge >= 0.3 is 5.69 Å². The molecule has 0 spiro atoms. The minimum Gasteiger partial charge on any atom is -0.295 e. The number of hydrogen-bond donors (Lipinski definition) is 2. The molecule has 1 atom stereocenters. The van der Waals surface area contributed by atoms with Crippen molar-refractivity contribution < 1.29 is 19.3 Å². The van der Waals surface area contributed by atoms with E-state index in [1.807, 2.05) is 31.2 Å². The summed E-state index contributed by atoms with van der Waals surface area (Å²) in [7, 11) is 0. The van der Waals surface area contributed by atoms with Crippen LogP contribution in [0.2, 0.25) is 0 Å². The highest BCUT2D eigenvalue weighted by Gasteiger charge is 2.43. The topological polar surface area (TPSA) is 89.3 Å². The first-order valence-corrected chi connectivity index (χ1v) is 9.94. The molecule has 8 heteroatoms. The van der Waals surface area contributed by atoms with Gasteiger partial charge in [0.2, 0.25) is 0 Å². The number of benzene rings is 3. The number of H-pyrrole nitrogens is 1. The Bertz CT molecular complexity index is 1350. The lowest BCUT2D eigenvalue weighted by atomic mass is 9.95. The van der Waals surface area contributed by atoms with Crippen LogP contribution in [0.25, 0.3) is 11.3 Å². The molecule has 3 aromatic carbocycles. The summed E-state index contributed by atoms with van der Waals surface area (Å²) >= 11 is 0. The molecule has 7 nitrogen and oxygen atoms in total. The van der Waals surface area contributed by atoms with Crippen LogP contribution in [0, 0.1) is 17.6 Å². The second kappa shape index (κ2) is 7.42. The molecule has 1 aliphatic rings. The summed E-state index contributed by atoms with van der Waals surface area (Å²) in [6.07, 6.45) is 0. The lowest BCUT2D eigenvalue weighted by Crippen LogP contribution is -2.29. The van der Waals surface area contributed by atoms with Gasteiger partial charge in [-0.05, 0) is 36.8 Å². The Morgan fingerprint density at radius 1 is 1.06 bits per heavy atom. The van der Waals surface area contributed by atoms with E-state index >= 15 is 0 Å². The predicted octanol–water partition coefficient (Wildman–Crippen LogP) is 5.07. The Kier molecular flexibility index (Phi) is 4.55. The van der Waals surface area contributed by atoms with Crippen LogP contribution in [0.5, 0.6) is 0 Å². The van der Waals surface area contributed by atoms with Crippen LogP contribution in [0.4, 0.5) is 15.8 Å². The van der Waals surface area contributed by atoms with E-state index in [0.717, 1.165) is 11.1 Å². The van der Waals surface area contributed by atoms with Crippen molar-refractivity contribution in [2.24, 2.45) is 0 Å². The second-order valence-electron chi connectivity index (χ2n) is 7.65. The van der Waals surface area contributed by atoms with Gasteiger partial charge in [-0.3, -0.25) is 14.8 Å². The summed E-state index contributed by atoms with van der Waals surface area (Å²) in [5.74, 6) is -0.738. The molecule has 1 aromatic heterocycles. The fourth-order valence-electron chi connectivity index (χ4n) is 4.08. The Balaban J connectivity index is 1.73. The number of halogens is 1. The minimum absolute atomic E-state index is 0.0304. The quantitative estimate of drug-likeness (QED) is 0.443. The molecule has 32 heavy (non-hydrogen) atoms. The normalized spacial score (nSPS) is 15.1. The smallest absolute Gasteiger partial charge is 0.295 e. The van der Waals surface area contributed by atoms with Crippen LogP contribution in [0.3, 0.4) is 0 Å². The largest absolute Gasteiger partial charge is 0.316 e. The number of carbonyl (C=O) groups excluding carboxylic acids is 1. The average molecular weight is 429 g/mol. The fourth-order valence-corrected chi connectivity index (χ4v) is 4.08. The average Bonchev–Trinajstić information content (AvgIpc) is 3.34. The van der Waals surface area contributed by atoms with E-state index in [1.54, 1.807) is 12.1 Å². The molecule has 158 valence electrons. The number of hydrogen-bond acceptors (Lipinski definition) is 3. The number of nitrogens with one attached hydrogen (secondary N) is 1. The molecule has 1 aliphatic heterocycles. The molecule has 1 amide bonds. The monoisotopic (exact) mass is 429 g/mol. The molecular formula is C24H18FN4O3+. The third-order valence-electron chi connectivity index (χ3n) is 5.60. The molecular weight excluding hydrogens is 411 g/mol. The molecule has 0 aliphatic carbocycles. The molecule has 0 radical (unpaired) electrons. The van der Waals surface area contributed by atoms with Gasteiger partial charge in [-0.15, -0.1) is 0 Å². The molecule has 2 heterocycles. The molecule has 0 fully saturated rings. The van der Waals surface area contributed by atoms with Gasteiger partial charge < -0.3 is 0 Å². The Hall–Kier alpha value is -4.33. The molecule has 0 bridgehead atoms. The van der Waals surface area contributed by atoms with Gasteiger partial charge in [0.1, 0.15) is 11.5 Å². The maximum absolute atomic E-state index is 13.6. The molecule has 0 saturated carbocycles. The van der Waals surface area contributed by atoms with Crippen LogP contribution in [0.1, 0.15) is 33.2 Å². The first-order valence-electron chi connectivity index (χ1n) is 9.94. The molecule has 2 N–H and O–H groups in total. The molecule has 4 aromatic rings. The van der Waals surface area contributed by atoms with Crippen molar-refractivity contribution in [1.29, 1.82) is 0 Å². The van der Waals surface area contributed by atoms with Crippen molar-refractivity contribution in [3.8, 4) is 11.3 Å². The molecule has 0 saturated heterocycles. The van der Waals surface area contributed by atoms with Gasteiger partial charge in [0.25, 0.3) is 10.8 Å². The number of rotatable bonds is 4. The first-order chi connectivity index (χ1) is 15.4. The van der Waals surface area contributed by atoms with Crippen LogP contribution in [0.15, 0.2) is 72.8 Å². The van der Waals surface area contributed by atoms with Crippen molar-refractivity contribution >= 4 is 17.3 Å². The van der Waals surface area contributed by atoms with Crippen LogP contribution in [-0.4, -0.2) is 26.2 Å². The highest BCUT2D eigenvalue weighted by Crippen LogP contribution is 2.45. The SMILES string of the molecule is Cc1ccc(-c2n[nH]c3c2C(c2cccc([N+](=O)O)c2)N(c2ccc(F)cc2)C3=O)cc1. The number of amides is 1. The van der Waals surface area contributed by atoms with Crippen LogP contribution in [-0.2, 0) is 0 Å². The van der Waals surface area contributed by atoms with Crippen molar-refractivity contribution in [3.63, 3.8) is 0 Å². The summed E-state index contributed by atoms with van der Waals surface area (Å²) in [5.41, 5.74) is 4.62. The van der Waals surface area contributed by atoms with Gasteiger partial charge in [0.05, 0.1) is 16.6 Å². The number of fused-ring (bicyclic) bond motifs is 1. The van der Waals surface area contributed by atoms with E-state index in [2.05, 4.69) is 10.2 Å². The van der Waals surface area contributed by atoms with E-state index < -0.39 is 11.9 Å². The number of carbonyl (C=O) groups is 1. The fraction of sp³-hybridized carbons (Fsp3) is 0.0833. The third-order valence-corrected chi connectivity index (χ3v) is 5.60. The zero-order chi connectivity index (χ0) is 22.4. The maximum Gasteiger partial charge on any atom is 0.316 e. The highest BCUT2D eigenvalue weighted by molar-refractivity contribution is 6.11. The summed E-state index contributed by atoms with van der Waals surface area (Å²) in [6, 6.07) is 19.1. The van der Waals surface area contributed by atoms with Gasteiger partial charge in [-0.2, -0.15) is 5.10 Å². The number of anilines is 1. The summed E-state index contributed by atoms with van der Waals surface area (Å²) < 4.78 is 13.6. The van der Waals surface area contributed by atoms with E-state index in [4.69, 9.17) is 0 Å². The van der Waals surface area contributed by atoms with E-state index in [-0.39, 0.29) is 16.5 Å². The van der Waals surface area contributed by atoms with Gasteiger partial charge in [0.15, 0.2) is 0 Å². The number of aryl methyl sites for hydroxylation is 1. The van der Waals surface area contributed by atoms with Gasteiger partial charge in [-0.1, -0.05) is 42.0 Å². The zero-order valence-corrected chi connectivity index (χ0v) is 17.0. The predicted molar refractivity (Wildman–Crippen MR) is 115 cm³/mol. The van der Waals surface area contributed by atoms with Crippen molar-refractivity contribution in [3.05, 3.63) is 106 Å².